The number of hydrogen-bond acceptors (Lipinski definition) is 7. The highest BCUT2D eigenvalue weighted by molar-refractivity contribution is 5.94. The SMILES string of the molecule is N#CC[C@]1(n2cc(-c3ncnc4[nH]ccc34)cn2)C[C@H](N2CCN(C(=O)c3ccnc(C(F)F)c3F)CC2)C1. The molecule has 4 aromatic rings. The first-order valence-corrected chi connectivity index (χ1v) is 12.6. The van der Waals surface area contributed by atoms with Crippen LogP contribution in [-0.4, -0.2) is 77.6 Å². The summed E-state index contributed by atoms with van der Waals surface area (Å²) in [6.45, 7) is 1.81. The number of halogens is 3. The van der Waals surface area contributed by atoms with Gasteiger partial charge in [0.05, 0.1) is 35.5 Å². The van der Waals surface area contributed by atoms with Gasteiger partial charge in [-0.05, 0) is 25.0 Å². The number of nitrogens with one attached hydrogen (secondary N) is 1. The number of carbonyl (C=O) groups excluding carboxylic acids is 1. The van der Waals surface area contributed by atoms with Crippen molar-refractivity contribution in [2.24, 2.45) is 0 Å². The van der Waals surface area contributed by atoms with Gasteiger partial charge in [0, 0.05) is 61.8 Å². The third kappa shape index (κ3) is 4.30. The Morgan fingerprint density at radius 1 is 1.18 bits per heavy atom. The molecule has 1 aliphatic heterocycles. The van der Waals surface area contributed by atoms with Crippen LogP contribution in [0.4, 0.5) is 13.2 Å². The predicted octanol–water partition coefficient (Wildman–Crippen LogP) is 3.52. The van der Waals surface area contributed by atoms with E-state index in [1.807, 2.05) is 23.1 Å². The number of pyridine rings is 1. The summed E-state index contributed by atoms with van der Waals surface area (Å²) in [4.78, 5) is 31.7. The van der Waals surface area contributed by atoms with Gasteiger partial charge in [-0.15, -0.1) is 0 Å². The van der Waals surface area contributed by atoms with Crippen molar-refractivity contribution in [1.29, 1.82) is 5.26 Å². The van der Waals surface area contributed by atoms with Gasteiger partial charge in [0.25, 0.3) is 12.3 Å². The Morgan fingerprint density at radius 3 is 2.72 bits per heavy atom. The fourth-order valence-electron chi connectivity index (χ4n) is 5.68. The standard InChI is InChI=1S/C26H24F3N9O/c27-20-18(1-5-31-22(20)23(28)29)25(39)37-9-7-36(8-10-37)17-11-26(12-17,3-4-30)38-14-16(13-35-38)21-19-2-6-32-24(19)34-15-33-21/h1-2,5-6,13-15,17,23H,3,7-12H2,(H,32,33,34)/t17-,26-. The molecule has 0 radical (unpaired) electrons. The molecule has 0 aromatic carbocycles. The molecule has 10 nitrogen and oxygen atoms in total. The molecule has 200 valence electrons. The number of carbonyl (C=O) groups is 1. The minimum absolute atomic E-state index is 0.196. The Morgan fingerprint density at radius 2 is 1.97 bits per heavy atom. The number of nitriles is 1. The van der Waals surface area contributed by atoms with E-state index >= 15 is 0 Å². The molecule has 0 bridgehead atoms. The van der Waals surface area contributed by atoms with Gasteiger partial charge in [0.1, 0.15) is 17.7 Å². The van der Waals surface area contributed by atoms with Crippen molar-refractivity contribution in [1.82, 2.24) is 39.5 Å². The maximum absolute atomic E-state index is 14.4. The lowest BCUT2D eigenvalue weighted by Crippen LogP contribution is -2.60. The van der Waals surface area contributed by atoms with Crippen molar-refractivity contribution >= 4 is 16.9 Å². The van der Waals surface area contributed by atoms with E-state index in [4.69, 9.17) is 0 Å². The zero-order valence-electron chi connectivity index (χ0n) is 20.8. The zero-order chi connectivity index (χ0) is 27.1. The number of alkyl halides is 2. The molecule has 13 heteroatoms. The van der Waals surface area contributed by atoms with E-state index in [9.17, 15) is 23.2 Å². The van der Waals surface area contributed by atoms with Gasteiger partial charge >= 0.3 is 0 Å². The number of aromatic nitrogens is 6. The monoisotopic (exact) mass is 535 g/mol. The van der Waals surface area contributed by atoms with Crippen LogP contribution in [0.5, 0.6) is 0 Å². The van der Waals surface area contributed by atoms with E-state index in [1.54, 1.807) is 6.20 Å². The molecule has 1 saturated carbocycles. The van der Waals surface area contributed by atoms with E-state index in [0.717, 1.165) is 47.4 Å². The molecular formula is C26H24F3N9O. The van der Waals surface area contributed by atoms with Crippen LogP contribution in [0.1, 0.15) is 41.7 Å². The number of amides is 1. The van der Waals surface area contributed by atoms with Gasteiger partial charge in [0.2, 0.25) is 0 Å². The normalized spacial score (nSPS) is 21.7. The van der Waals surface area contributed by atoms with Gasteiger partial charge in [-0.3, -0.25) is 19.4 Å². The highest BCUT2D eigenvalue weighted by Gasteiger charge is 2.49. The molecule has 0 unspecified atom stereocenters. The number of piperazine rings is 1. The second-order valence-electron chi connectivity index (χ2n) is 9.94. The fourth-order valence-corrected chi connectivity index (χ4v) is 5.68. The highest BCUT2D eigenvalue weighted by Crippen LogP contribution is 2.45. The Balaban J connectivity index is 1.12. The van der Waals surface area contributed by atoms with Crippen molar-refractivity contribution in [2.75, 3.05) is 26.2 Å². The number of nitrogens with zero attached hydrogens (tertiary/aromatic N) is 8. The lowest BCUT2D eigenvalue weighted by Gasteiger charge is -2.52. The van der Waals surface area contributed by atoms with Crippen molar-refractivity contribution in [3.05, 3.63) is 60.3 Å². The van der Waals surface area contributed by atoms with Gasteiger partial charge in [-0.25, -0.2) is 23.1 Å². The number of rotatable bonds is 6. The Kier molecular flexibility index (Phi) is 6.26. The summed E-state index contributed by atoms with van der Waals surface area (Å²) in [7, 11) is 0. The highest BCUT2D eigenvalue weighted by atomic mass is 19.3. The van der Waals surface area contributed by atoms with Gasteiger partial charge < -0.3 is 9.88 Å². The molecule has 2 aliphatic rings. The summed E-state index contributed by atoms with van der Waals surface area (Å²) in [5, 5.41) is 15.1. The van der Waals surface area contributed by atoms with Crippen LogP contribution in [0.3, 0.4) is 0 Å². The number of H-pyrrole nitrogens is 1. The maximum atomic E-state index is 14.4. The quantitative estimate of drug-likeness (QED) is 0.401. The molecule has 2 fully saturated rings. The third-order valence-corrected chi connectivity index (χ3v) is 7.81. The van der Waals surface area contributed by atoms with Crippen molar-refractivity contribution in [3.63, 3.8) is 0 Å². The smallest absolute Gasteiger partial charge is 0.283 e. The summed E-state index contributed by atoms with van der Waals surface area (Å²) in [6.07, 6.45) is 6.67. The van der Waals surface area contributed by atoms with Crippen LogP contribution < -0.4 is 0 Å². The molecule has 0 spiro atoms. The minimum Gasteiger partial charge on any atom is -0.346 e. The second-order valence-corrected chi connectivity index (χ2v) is 9.94. The maximum Gasteiger partial charge on any atom is 0.283 e. The number of aromatic amines is 1. The zero-order valence-corrected chi connectivity index (χ0v) is 20.8. The van der Waals surface area contributed by atoms with Gasteiger partial charge in [-0.1, -0.05) is 0 Å². The van der Waals surface area contributed by atoms with Crippen LogP contribution in [0.15, 0.2) is 43.2 Å². The van der Waals surface area contributed by atoms with Gasteiger partial charge in [-0.2, -0.15) is 10.4 Å². The summed E-state index contributed by atoms with van der Waals surface area (Å²) >= 11 is 0. The Hall–Kier alpha value is -4.31. The molecule has 39 heavy (non-hydrogen) atoms. The first-order chi connectivity index (χ1) is 18.9. The third-order valence-electron chi connectivity index (χ3n) is 7.81. The molecule has 4 aromatic heterocycles. The van der Waals surface area contributed by atoms with E-state index < -0.39 is 29.4 Å². The summed E-state index contributed by atoms with van der Waals surface area (Å²) in [6, 6.07) is 5.56. The lowest BCUT2D eigenvalue weighted by atomic mass is 9.70. The molecule has 1 aliphatic carbocycles. The van der Waals surface area contributed by atoms with Crippen molar-refractivity contribution in [3.8, 4) is 17.3 Å². The molecule has 1 N–H and O–H groups in total. The largest absolute Gasteiger partial charge is 0.346 e. The molecule has 5 heterocycles. The average molecular weight is 536 g/mol. The topological polar surface area (TPSA) is 120 Å². The van der Waals surface area contributed by atoms with Crippen LogP contribution in [0, 0.1) is 17.1 Å². The average Bonchev–Trinajstić information content (AvgIpc) is 3.60. The first-order valence-electron chi connectivity index (χ1n) is 12.6. The van der Waals surface area contributed by atoms with E-state index in [1.165, 1.54) is 11.2 Å². The van der Waals surface area contributed by atoms with Crippen LogP contribution in [-0.2, 0) is 5.54 Å². The number of fused-ring (bicyclic) bond motifs is 1. The minimum atomic E-state index is -3.09. The summed E-state index contributed by atoms with van der Waals surface area (Å²) in [5.74, 6) is -1.88. The molecule has 1 saturated heterocycles. The molecule has 1 amide bonds. The Bertz CT molecular complexity index is 1560. The molecule has 6 rings (SSSR count). The van der Waals surface area contributed by atoms with Crippen LogP contribution in [0.25, 0.3) is 22.3 Å². The fraction of sp³-hybridized carbons (Fsp3) is 0.385. The lowest BCUT2D eigenvalue weighted by molar-refractivity contribution is -0.0159. The van der Waals surface area contributed by atoms with Gasteiger partial charge in [0.15, 0.2) is 5.82 Å². The first kappa shape index (κ1) is 25.0. The molecule has 0 atom stereocenters. The predicted molar refractivity (Wildman–Crippen MR) is 133 cm³/mol. The van der Waals surface area contributed by atoms with Crippen LogP contribution >= 0.6 is 0 Å². The molecular weight excluding hydrogens is 511 g/mol. The van der Waals surface area contributed by atoms with Crippen molar-refractivity contribution in [2.45, 2.75) is 37.3 Å². The summed E-state index contributed by atoms with van der Waals surface area (Å²) < 4.78 is 42.3. The van der Waals surface area contributed by atoms with E-state index in [-0.39, 0.29) is 11.6 Å². The van der Waals surface area contributed by atoms with E-state index in [0.29, 0.717) is 32.6 Å². The van der Waals surface area contributed by atoms with Crippen molar-refractivity contribution < 1.29 is 18.0 Å². The Labute approximate surface area is 221 Å². The number of hydrogen-bond donors (Lipinski definition) is 1. The second kappa shape index (κ2) is 9.77. The van der Waals surface area contributed by atoms with E-state index in [2.05, 4.69) is 36.0 Å². The summed E-state index contributed by atoms with van der Waals surface area (Å²) in [5.41, 5.74) is 0.501. The van der Waals surface area contributed by atoms with Crippen LogP contribution in [0.2, 0.25) is 0 Å².